The Balaban J connectivity index is 3.12. The molecule has 0 amide bonds. The van der Waals surface area contributed by atoms with Crippen molar-refractivity contribution in [2.45, 2.75) is 5.92 Å². The normalized spacial score (nSPS) is 11.4. The zero-order valence-corrected chi connectivity index (χ0v) is 8.64. The molecule has 0 N–H and O–H groups in total. The van der Waals surface area contributed by atoms with Gasteiger partial charge in [-0.3, -0.25) is 0 Å². The zero-order chi connectivity index (χ0) is 9.90. The van der Waals surface area contributed by atoms with Gasteiger partial charge in [0.1, 0.15) is 5.75 Å². The highest BCUT2D eigenvalue weighted by Crippen LogP contribution is 2.35. The summed E-state index contributed by atoms with van der Waals surface area (Å²) in [6.45, 7) is 0. The summed E-state index contributed by atoms with van der Waals surface area (Å²) < 4.78 is 31.2. The lowest BCUT2D eigenvalue weighted by molar-refractivity contribution is 0.0221. The van der Waals surface area contributed by atoms with Crippen molar-refractivity contribution in [3.8, 4) is 5.75 Å². The molecule has 0 saturated carbocycles. The summed E-state index contributed by atoms with van der Waals surface area (Å²) in [5.74, 6) is -2.67. The van der Waals surface area contributed by atoms with E-state index < -0.39 is 11.3 Å². The molecule has 0 bridgehead atoms. The molecule has 0 atom stereocenters. The highest BCUT2D eigenvalue weighted by atomic mass is 79.9. The van der Waals surface area contributed by atoms with Gasteiger partial charge in [-0.1, -0.05) is 28.1 Å². The topological polar surface area (TPSA) is 9.23 Å². The van der Waals surface area contributed by atoms with Gasteiger partial charge in [0.05, 0.1) is 18.0 Å². The number of hydrogen-bond acceptors (Lipinski definition) is 1. The predicted molar refractivity (Wildman–Crippen MR) is 50.7 cm³/mol. The van der Waals surface area contributed by atoms with E-state index in [4.69, 9.17) is 4.74 Å². The van der Waals surface area contributed by atoms with Crippen molar-refractivity contribution in [3.63, 3.8) is 0 Å². The maximum Gasteiger partial charge on any atom is 0.286 e. The molecule has 0 aromatic heterocycles. The van der Waals surface area contributed by atoms with Gasteiger partial charge in [-0.05, 0) is 12.1 Å². The van der Waals surface area contributed by atoms with E-state index in [1.54, 1.807) is 12.1 Å². The molecule has 0 aliphatic rings. The zero-order valence-electron chi connectivity index (χ0n) is 7.06. The van der Waals surface area contributed by atoms with Crippen molar-refractivity contribution < 1.29 is 13.5 Å². The lowest BCUT2D eigenvalue weighted by Gasteiger charge is -2.16. The molecule has 1 aromatic rings. The van der Waals surface area contributed by atoms with E-state index in [1.807, 2.05) is 0 Å². The van der Waals surface area contributed by atoms with E-state index in [-0.39, 0.29) is 11.3 Å². The molecular formula is C9H9BrF2O. The number of rotatable bonds is 3. The summed E-state index contributed by atoms with van der Waals surface area (Å²) in [6.07, 6.45) is 0. The second kappa shape index (κ2) is 4.05. The van der Waals surface area contributed by atoms with Crippen molar-refractivity contribution in [2.24, 2.45) is 0 Å². The number of para-hydroxylation sites is 1. The van der Waals surface area contributed by atoms with Gasteiger partial charge in [0.15, 0.2) is 0 Å². The van der Waals surface area contributed by atoms with E-state index in [0.29, 0.717) is 0 Å². The number of ether oxygens (including phenoxy) is 1. The number of hydrogen-bond donors (Lipinski definition) is 0. The highest BCUT2D eigenvalue weighted by molar-refractivity contribution is 9.09. The maximum atomic E-state index is 13.2. The third-order valence-corrected chi connectivity index (χ3v) is 2.37. The van der Waals surface area contributed by atoms with Crippen LogP contribution in [-0.2, 0) is 5.92 Å². The van der Waals surface area contributed by atoms with Crippen LogP contribution in [0.25, 0.3) is 0 Å². The average Bonchev–Trinajstić information content (AvgIpc) is 2.18. The Bertz CT molecular complexity index is 289. The van der Waals surface area contributed by atoms with E-state index in [1.165, 1.54) is 19.2 Å². The van der Waals surface area contributed by atoms with Crippen LogP contribution in [-0.4, -0.2) is 12.4 Å². The van der Waals surface area contributed by atoms with Gasteiger partial charge in [-0.2, -0.15) is 0 Å². The fourth-order valence-corrected chi connectivity index (χ4v) is 1.32. The third kappa shape index (κ3) is 2.18. The molecule has 0 saturated heterocycles. The first-order valence-electron chi connectivity index (χ1n) is 3.69. The van der Waals surface area contributed by atoms with Gasteiger partial charge in [-0.25, -0.2) is 8.78 Å². The summed E-state index contributed by atoms with van der Waals surface area (Å²) in [6, 6.07) is 6.10. The molecule has 0 aliphatic heterocycles. The van der Waals surface area contributed by atoms with Crippen LogP contribution in [0.1, 0.15) is 5.56 Å². The van der Waals surface area contributed by atoms with Gasteiger partial charge in [0.2, 0.25) is 0 Å². The summed E-state index contributed by atoms with van der Waals surface area (Å²) in [5.41, 5.74) is -0.0885. The monoisotopic (exact) mass is 250 g/mol. The van der Waals surface area contributed by atoms with Gasteiger partial charge in [0, 0.05) is 0 Å². The number of alkyl halides is 3. The Morgan fingerprint density at radius 1 is 1.38 bits per heavy atom. The molecule has 1 rings (SSSR count). The fraction of sp³-hybridized carbons (Fsp3) is 0.333. The van der Waals surface area contributed by atoms with E-state index in [0.717, 1.165) is 0 Å². The van der Waals surface area contributed by atoms with Crippen LogP contribution < -0.4 is 4.74 Å². The van der Waals surface area contributed by atoms with Crippen LogP contribution in [0.4, 0.5) is 8.78 Å². The van der Waals surface area contributed by atoms with E-state index in [9.17, 15) is 8.78 Å². The molecule has 72 valence electrons. The summed E-state index contributed by atoms with van der Waals surface area (Å²) in [5, 5.41) is -0.402. The van der Waals surface area contributed by atoms with Crippen molar-refractivity contribution >= 4 is 15.9 Å². The third-order valence-electron chi connectivity index (χ3n) is 1.67. The van der Waals surface area contributed by atoms with Crippen molar-refractivity contribution in [1.29, 1.82) is 0 Å². The largest absolute Gasteiger partial charge is 0.496 e. The maximum absolute atomic E-state index is 13.2. The van der Waals surface area contributed by atoms with Gasteiger partial charge >= 0.3 is 0 Å². The minimum Gasteiger partial charge on any atom is -0.496 e. The van der Waals surface area contributed by atoms with Crippen LogP contribution >= 0.6 is 15.9 Å². The average molecular weight is 251 g/mol. The lowest BCUT2D eigenvalue weighted by Crippen LogP contribution is -2.15. The first-order chi connectivity index (χ1) is 6.11. The first kappa shape index (κ1) is 10.4. The Labute approximate surface area is 83.8 Å². The van der Waals surface area contributed by atoms with Crippen molar-refractivity contribution in [2.75, 3.05) is 12.4 Å². The Morgan fingerprint density at radius 2 is 2.00 bits per heavy atom. The molecule has 0 aliphatic carbocycles. The predicted octanol–water partition coefficient (Wildman–Crippen LogP) is 3.18. The standard InChI is InChI=1S/C9H9BrF2O/c1-13-8-5-3-2-4-7(8)9(11,12)6-10/h2-5H,6H2,1H3. The molecule has 1 aromatic carbocycles. The quantitative estimate of drug-likeness (QED) is 0.749. The van der Waals surface area contributed by atoms with Crippen molar-refractivity contribution in [3.05, 3.63) is 29.8 Å². The number of methoxy groups -OCH3 is 1. The van der Waals surface area contributed by atoms with Crippen LogP contribution in [0, 0.1) is 0 Å². The Hall–Kier alpha value is -0.640. The van der Waals surface area contributed by atoms with Gasteiger partial charge in [-0.15, -0.1) is 0 Å². The lowest BCUT2D eigenvalue weighted by atomic mass is 10.1. The molecule has 0 spiro atoms. The Morgan fingerprint density at radius 3 is 2.54 bits per heavy atom. The minimum absolute atomic E-state index is 0.0885. The molecule has 0 heterocycles. The summed E-state index contributed by atoms with van der Waals surface area (Å²) in [4.78, 5) is 0. The SMILES string of the molecule is COc1ccccc1C(F)(F)CBr. The van der Waals surface area contributed by atoms with Crippen LogP contribution in [0.2, 0.25) is 0 Å². The van der Waals surface area contributed by atoms with Crippen LogP contribution in [0.15, 0.2) is 24.3 Å². The van der Waals surface area contributed by atoms with E-state index in [2.05, 4.69) is 15.9 Å². The second-order valence-electron chi connectivity index (χ2n) is 2.54. The number of halogens is 3. The Kier molecular flexibility index (Phi) is 3.25. The molecule has 0 radical (unpaired) electrons. The van der Waals surface area contributed by atoms with Gasteiger partial charge < -0.3 is 4.74 Å². The van der Waals surface area contributed by atoms with Crippen molar-refractivity contribution in [1.82, 2.24) is 0 Å². The van der Waals surface area contributed by atoms with E-state index >= 15 is 0 Å². The first-order valence-corrected chi connectivity index (χ1v) is 4.81. The molecule has 4 heteroatoms. The summed E-state index contributed by atoms with van der Waals surface area (Å²) >= 11 is 2.77. The molecular weight excluding hydrogens is 242 g/mol. The second-order valence-corrected chi connectivity index (χ2v) is 3.10. The molecule has 13 heavy (non-hydrogen) atoms. The van der Waals surface area contributed by atoms with Crippen LogP contribution in [0.3, 0.4) is 0 Å². The minimum atomic E-state index is -2.88. The molecule has 1 nitrogen and oxygen atoms in total. The number of benzene rings is 1. The molecule has 0 fully saturated rings. The fourth-order valence-electron chi connectivity index (χ4n) is 1.02. The highest BCUT2D eigenvalue weighted by Gasteiger charge is 2.32. The summed E-state index contributed by atoms with van der Waals surface area (Å²) in [7, 11) is 1.38. The smallest absolute Gasteiger partial charge is 0.286 e. The van der Waals surface area contributed by atoms with Gasteiger partial charge in [0.25, 0.3) is 5.92 Å². The van der Waals surface area contributed by atoms with Crippen LogP contribution in [0.5, 0.6) is 5.75 Å². The molecule has 0 unspecified atom stereocenters.